The second-order valence-electron chi connectivity index (χ2n) is 13.3. The number of aliphatic imine (C=N–C) groups is 1. The topological polar surface area (TPSA) is 190 Å². The molecule has 2 atom stereocenters. The van der Waals surface area contributed by atoms with Crippen LogP contribution < -0.4 is 16.8 Å². The minimum Gasteiger partial charge on any atom is -0.444 e. The summed E-state index contributed by atoms with van der Waals surface area (Å²) in [5.74, 6) is 0.0445. The number of nitrogens with two attached hydrogens (primary N) is 2. The van der Waals surface area contributed by atoms with Crippen LogP contribution in [0.3, 0.4) is 0 Å². The maximum absolute atomic E-state index is 12.9. The number of nitrogens with one attached hydrogen (secondary N) is 1. The SMILES string of the molecule is C#C.C=CC.C=Cc1c(CN2CC(N)N(C(=O)CNCc3cc(C4CCCN4C(=O)OC(C)(C)C)no3)CC2=O)cccc1N=C.C=O.CC.NCc1ccccc1. The van der Waals surface area contributed by atoms with Crippen LogP contribution in [0.5, 0.6) is 0 Å². The number of hydrogen-bond donors (Lipinski definition) is 3. The Balaban J connectivity index is 0.00000162. The maximum Gasteiger partial charge on any atom is 0.410 e. The lowest BCUT2D eigenvalue weighted by atomic mass is 10.0. The van der Waals surface area contributed by atoms with E-state index in [0.717, 1.165) is 24.0 Å². The molecule has 0 aliphatic carbocycles. The summed E-state index contributed by atoms with van der Waals surface area (Å²) in [6.45, 7) is 26.1. The summed E-state index contributed by atoms with van der Waals surface area (Å²) in [5, 5.41) is 7.20. The number of ether oxygens (including phenoxy) is 1. The lowest BCUT2D eigenvalue weighted by molar-refractivity contribution is -0.149. The quantitative estimate of drug-likeness (QED) is 0.118. The molecular weight excluding hydrogens is 737 g/mol. The molecule has 2 aliphatic rings. The Hall–Kier alpha value is -5.88. The predicted octanol–water partition coefficient (Wildman–Crippen LogP) is 6.40. The van der Waals surface area contributed by atoms with Gasteiger partial charge in [0.05, 0.1) is 37.5 Å². The number of aromatic nitrogens is 1. The number of carbonyl (C=O) groups is 4. The average Bonchev–Trinajstić information content (AvgIpc) is 3.92. The third-order valence-corrected chi connectivity index (χ3v) is 8.15. The summed E-state index contributed by atoms with van der Waals surface area (Å²) >= 11 is 0. The number of allylic oxidation sites excluding steroid dienone is 1. The van der Waals surface area contributed by atoms with E-state index in [1.807, 2.05) is 96.9 Å². The van der Waals surface area contributed by atoms with Gasteiger partial charge in [-0.15, -0.1) is 19.4 Å². The molecule has 2 fully saturated rings. The van der Waals surface area contributed by atoms with Crippen molar-refractivity contribution in [3.05, 3.63) is 102 Å². The molecule has 0 radical (unpaired) electrons. The predicted molar refractivity (Wildman–Crippen MR) is 233 cm³/mol. The van der Waals surface area contributed by atoms with Gasteiger partial charge in [-0.1, -0.05) is 80.2 Å². The molecule has 2 aromatic carbocycles. The molecule has 5 rings (SSSR count). The first-order valence-electron chi connectivity index (χ1n) is 19.0. The van der Waals surface area contributed by atoms with Crippen LogP contribution in [0.4, 0.5) is 10.5 Å². The smallest absolute Gasteiger partial charge is 0.410 e. The van der Waals surface area contributed by atoms with Crippen molar-refractivity contribution in [2.24, 2.45) is 16.5 Å². The van der Waals surface area contributed by atoms with E-state index in [2.05, 4.69) is 48.2 Å². The van der Waals surface area contributed by atoms with Crippen molar-refractivity contribution in [1.82, 2.24) is 25.2 Å². The van der Waals surface area contributed by atoms with Crippen LogP contribution in [-0.4, -0.2) is 89.2 Å². The molecule has 0 spiro atoms. The van der Waals surface area contributed by atoms with Crippen molar-refractivity contribution >= 4 is 43.2 Å². The highest BCUT2D eigenvalue weighted by Crippen LogP contribution is 2.33. The molecule has 316 valence electrons. The number of piperazine rings is 1. The molecule has 2 aliphatic heterocycles. The van der Waals surface area contributed by atoms with E-state index in [-0.39, 0.29) is 50.1 Å². The lowest BCUT2D eigenvalue weighted by Crippen LogP contribution is -2.62. The van der Waals surface area contributed by atoms with Gasteiger partial charge in [0.25, 0.3) is 0 Å². The Morgan fingerprint density at radius 1 is 1.09 bits per heavy atom. The van der Waals surface area contributed by atoms with Gasteiger partial charge in [-0.25, -0.2) is 4.79 Å². The van der Waals surface area contributed by atoms with E-state index in [9.17, 15) is 14.4 Å². The fraction of sp³-hybridized carbons (Fsp3) is 0.409. The summed E-state index contributed by atoms with van der Waals surface area (Å²) in [4.78, 5) is 55.2. The zero-order valence-corrected chi connectivity index (χ0v) is 35.2. The van der Waals surface area contributed by atoms with Crippen LogP contribution in [-0.2, 0) is 38.8 Å². The minimum atomic E-state index is -0.645. The van der Waals surface area contributed by atoms with Gasteiger partial charge >= 0.3 is 6.09 Å². The maximum atomic E-state index is 12.9. The van der Waals surface area contributed by atoms with Crippen LogP contribution in [0.2, 0.25) is 0 Å². The standard InChI is InChI=1S/C29H39N7O5.C7H9N.C3H6.C2H6.C2H2.CH2O/c1-6-21-19(9-7-10-22(21)31-5)16-34-17-25(30)36(18-27(34)38)26(37)15-32-14-20-13-23(33-41-20)24-11-8-12-35(24)28(39)40-29(2,3)4;8-6-7-4-2-1-3-5-7;1-3-2;3*1-2/h6-7,9-10,13,24-25,32H,1,5,8,11-12,14-18,30H2,2-4H3;1-5H,6,8H2;3H,1H2,2H3;1-2H3;1-2H;1H2. The normalized spacial score (nSPS) is 15.4. The van der Waals surface area contributed by atoms with Gasteiger partial charge in [-0.3, -0.25) is 19.5 Å². The Kier molecular flexibility index (Phi) is 25.6. The Morgan fingerprint density at radius 3 is 2.28 bits per heavy atom. The number of amides is 3. The number of likely N-dealkylation sites (tertiary alicyclic amines) is 1. The second-order valence-corrected chi connectivity index (χ2v) is 13.3. The summed E-state index contributed by atoms with van der Waals surface area (Å²) in [6, 6.07) is 17.1. The van der Waals surface area contributed by atoms with Crippen molar-refractivity contribution in [2.45, 2.75) is 91.8 Å². The summed E-state index contributed by atoms with van der Waals surface area (Å²) in [7, 11) is 0. The first kappa shape index (κ1) is 52.1. The molecule has 14 heteroatoms. The van der Waals surface area contributed by atoms with Crippen LogP contribution in [0, 0.1) is 12.8 Å². The molecule has 14 nitrogen and oxygen atoms in total. The van der Waals surface area contributed by atoms with E-state index in [4.69, 9.17) is 25.5 Å². The number of nitrogens with zero attached hydrogens (tertiary/aromatic N) is 5. The van der Waals surface area contributed by atoms with E-state index >= 15 is 0 Å². The molecule has 1 aromatic heterocycles. The summed E-state index contributed by atoms with van der Waals surface area (Å²) < 4.78 is 11.0. The number of terminal acetylenes is 1. The molecular formula is C44H64N8O6. The monoisotopic (exact) mass is 800 g/mol. The van der Waals surface area contributed by atoms with E-state index < -0.39 is 11.8 Å². The van der Waals surface area contributed by atoms with Crippen LogP contribution in [0.25, 0.3) is 6.08 Å². The van der Waals surface area contributed by atoms with Crippen LogP contribution >= 0.6 is 0 Å². The molecule has 5 N–H and O–H groups in total. The van der Waals surface area contributed by atoms with Gasteiger partial charge in [-0.05, 0) is 64.4 Å². The third kappa shape index (κ3) is 17.1. The Morgan fingerprint density at radius 2 is 1.72 bits per heavy atom. The number of benzene rings is 2. The zero-order valence-electron chi connectivity index (χ0n) is 35.2. The van der Waals surface area contributed by atoms with E-state index in [0.29, 0.717) is 36.8 Å². The van der Waals surface area contributed by atoms with Gasteiger partial charge in [-0.2, -0.15) is 0 Å². The molecule has 0 bridgehead atoms. The highest BCUT2D eigenvalue weighted by Gasteiger charge is 2.35. The fourth-order valence-corrected chi connectivity index (χ4v) is 5.72. The molecule has 2 unspecified atom stereocenters. The summed E-state index contributed by atoms with van der Waals surface area (Å²) in [5.41, 5.74) is 15.3. The van der Waals surface area contributed by atoms with Crippen molar-refractivity contribution < 1.29 is 28.4 Å². The second kappa shape index (κ2) is 28.5. The zero-order chi connectivity index (χ0) is 44.3. The van der Waals surface area contributed by atoms with Crippen molar-refractivity contribution in [1.29, 1.82) is 0 Å². The van der Waals surface area contributed by atoms with Crippen molar-refractivity contribution in [3.63, 3.8) is 0 Å². The molecule has 3 amide bonds. The van der Waals surface area contributed by atoms with E-state index in [1.54, 1.807) is 28.0 Å². The van der Waals surface area contributed by atoms with E-state index in [1.165, 1.54) is 10.5 Å². The van der Waals surface area contributed by atoms with Crippen LogP contribution in [0.1, 0.15) is 88.6 Å². The number of hydrogen-bond acceptors (Lipinski definition) is 11. The largest absolute Gasteiger partial charge is 0.444 e. The number of rotatable bonds is 10. The molecule has 3 heterocycles. The van der Waals surface area contributed by atoms with Gasteiger partial charge in [0.2, 0.25) is 11.8 Å². The molecule has 2 saturated heterocycles. The highest BCUT2D eigenvalue weighted by molar-refractivity contribution is 5.87. The Bertz CT molecular complexity index is 1720. The third-order valence-electron chi connectivity index (χ3n) is 8.15. The number of carbonyl (C=O) groups excluding carboxylic acids is 4. The fourth-order valence-electron chi connectivity index (χ4n) is 5.72. The van der Waals surface area contributed by atoms with Crippen molar-refractivity contribution in [2.75, 3.05) is 26.2 Å². The van der Waals surface area contributed by atoms with Crippen molar-refractivity contribution in [3.8, 4) is 12.8 Å². The highest BCUT2D eigenvalue weighted by atomic mass is 16.6. The van der Waals surface area contributed by atoms with Crippen LogP contribution in [0.15, 0.2) is 83.3 Å². The average molecular weight is 801 g/mol. The summed E-state index contributed by atoms with van der Waals surface area (Å²) in [6.07, 6.45) is 12.0. The minimum absolute atomic E-state index is 0.0296. The van der Waals surface area contributed by atoms with Gasteiger partial charge in [0, 0.05) is 31.3 Å². The first-order valence-corrected chi connectivity index (χ1v) is 19.0. The van der Waals surface area contributed by atoms with Gasteiger partial charge in [0.15, 0.2) is 5.76 Å². The first-order chi connectivity index (χ1) is 27.8. The van der Waals surface area contributed by atoms with Gasteiger partial charge < -0.3 is 40.6 Å². The van der Waals surface area contributed by atoms with Gasteiger partial charge in [0.1, 0.15) is 24.6 Å². The molecule has 3 aromatic rings. The molecule has 58 heavy (non-hydrogen) atoms. The lowest BCUT2D eigenvalue weighted by Gasteiger charge is -2.39. The Labute approximate surface area is 345 Å². The molecule has 0 saturated carbocycles.